The Morgan fingerprint density at radius 1 is 1.19 bits per heavy atom. The Hall–Kier alpha value is -5.04. The molecule has 2 aliphatic rings. The Bertz CT molecular complexity index is 1550. The highest BCUT2D eigenvalue weighted by molar-refractivity contribution is 5.95. The van der Waals surface area contributed by atoms with Crippen molar-refractivity contribution < 1.29 is 43.0 Å². The molecule has 1 saturated heterocycles. The number of carbonyl (C=O) groups excluding carboxylic acids is 5. The monoisotopic (exact) mass is 662 g/mol. The third kappa shape index (κ3) is 10.5. The Morgan fingerprint density at radius 2 is 1.96 bits per heavy atom. The molecule has 0 radical (unpaired) electrons. The average Bonchev–Trinajstić information content (AvgIpc) is 3.73. The number of nitrogens with zero attached hydrogens (tertiary/aromatic N) is 2. The minimum atomic E-state index is -1.05. The van der Waals surface area contributed by atoms with E-state index in [-0.39, 0.29) is 55.8 Å². The van der Waals surface area contributed by atoms with Crippen molar-refractivity contribution in [1.29, 1.82) is 0 Å². The number of hydrogen-bond donors (Lipinski definition) is 3. The van der Waals surface area contributed by atoms with Crippen molar-refractivity contribution in [2.24, 2.45) is 11.8 Å². The second kappa shape index (κ2) is 17.2. The van der Waals surface area contributed by atoms with Gasteiger partial charge < -0.3 is 29.2 Å². The summed E-state index contributed by atoms with van der Waals surface area (Å²) in [4.78, 5) is 70.2. The van der Waals surface area contributed by atoms with Crippen LogP contribution in [0, 0.1) is 11.8 Å². The fourth-order valence-electron chi connectivity index (χ4n) is 5.53. The average molecular weight is 663 g/mol. The molecular weight excluding hydrogens is 620 g/mol. The number of benzene rings is 1. The third-order valence-corrected chi connectivity index (χ3v) is 7.95. The first-order valence-corrected chi connectivity index (χ1v) is 16.0. The molecule has 2 aliphatic heterocycles. The normalized spacial score (nSPS) is 26.2. The van der Waals surface area contributed by atoms with Gasteiger partial charge in [0.25, 0.3) is 5.91 Å². The van der Waals surface area contributed by atoms with Crippen molar-refractivity contribution in [3.63, 3.8) is 0 Å². The number of amides is 3. The van der Waals surface area contributed by atoms with E-state index in [9.17, 15) is 29.1 Å². The van der Waals surface area contributed by atoms with Gasteiger partial charge in [-0.05, 0) is 38.0 Å². The molecule has 1 aromatic carbocycles. The van der Waals surface area contributed by atoms with Gasteiger partial charge >= 0.3 is 12.1 Å². The number of hydrogen-bond acceptors (Lipinski definition) is 10. The van der Waals surface area contributed by atoms with Crippen LogP contribution in [-0.2, 0) is 30.3 Å². The summed E-state index contributed by atoms with van der Waals surface area (Å²) in [5.74, 6) is -2.87. The number of aromatic nitrogens is 1. The standard InChI is InChI=1S/C35H42N4O9/c1-22-9-7-15-36-30(42)14-13-23(2)32(24(3)20-47-35(45)37-25-10-5-4-6-11-25)48-34(44)29-12-8-16-39(29)33(43)28-21-46-31(38-28)19-27(41)18-26(40)17-22/h4-7,9-11,13-14,17,21,23-24,26,29,32,40H,8,12,15-16,18-20H2,1-3H3,(H,36,42)(H,37,45)/b9-7+,14-13+,22-17+/t23-,24+,26-,29-,32+/m1/s1. The van der Waals surface area contributed by atoms with Crippen LogP contribution in [0.1, 0.15) is 56.4 Å². The maximum absolute atomic E-state index is 13.6. The summed E-state index contributed by atoms with van der Waals surface area (Å²) >= 11 is 0. The molecule has 0 unspecified atom stereocenters. The largest absolute Gasteiger partial charge is 0.460 e. The minimum absolute atomic E-state index is 0.0226. The van der Waals surface area contributed by atoms with Gasteiger partial charge in [-0.2, -0.15) is 0 Å². The number of fused-ring (bicyclic) bond motifs is 3. The van der Waals surface area contributed by atoms with E-state index in [1.54, 1.807) is 63.3 Å². The van der Waals surface area contributed by atoms with Crippen molar-refractivity contribution in [1.82, 2.24) is 15.2 Å². The Kier molecular flexibility index (Phi) is 12.8. The van der Waals surface area contributed by atoms with Crippen LogP contribution < -0.4 is 10.6 Å². The van der Waals surface area contributed by atoms with Crippen molar-refractivity contribution in [2.45, 2.75) is 64.7 Å². The van der Waals surface area contributed by atoms with Crippen LogP contribution in [0.15, 0.2) is 77.0 Å². The number of oxazole rings is 1. The highest BCUT2D eigenvalue weighted by Gasteiger charge is 2.39. The van der Waals surface area contributed by atoms with E-state index in [0.717, 1.165) is 6.26 Å². The predicted octanol–water partition coefficient (Wildman–Crippen LogP) is 3.76. The number of rotatable bonds is 4. The van der Waals surface area contributed by atoms with Gasteiger partial charge in [-0.1, -0.05) is 61.9 Å². The molecular formula is C35H42N4O9. The number of ketones is 1. The summed E-state index contributed by atoms with van der Waals surface area (Å²) in [5, 5.41) is 15.7. The van der Waals surface area contributed by atoms with Crippen LogP contribution in [0.3, 0.4) is 0 Å². The van der Waals surface area contributed by atoms with E-state index in [0.29, 0.717) is 24.1 Å². The molecule has 5 atom stereocenters. The summed E-state index contributed by atoms with van der Waals surface area (Å²) in [6.07, 6.45) is 6.99. The Labute approximate surface area is 279 Å². The molecule has 256 valence electrons. The lowest BCUT2D eigenvalue weighted by atomic mass is 9.93. The van der Waals surface area contributed by atoms with E-state index in [2.05, 4.69) is 15.6 Å². The highest BCUT2D eigenvalue weighted by Crippen LogP contribution is 2.26. The second-order valence-corrected chi connectivity index (χ2v) is 12.0. The number of cyclic esters (lactones) is 1. The summed E-state index contributed by atoms with van der Waals surface area (Å²) in [7, 11) is 0. The zero-order chi connectivity index (χ0) is 34.6. The summed E-state index contributed by atoms with van der Waals surface area (Å²) in [5.41, 5.74) is 1.19. The smallest absolute Gasteiger partial charge is 0.411 e. The number of para-hydroxylation sites is 1. The zero-order valence-electron chi connectivity index (χ0n) is 27.3. The topological polar surface area (TPSA) is 177 Å². The van der Waals surface area contributed by atoms with Gasteiger partial charge in [-0.3, -0.25) is 19.7 Å². The van der Waals surface area contributed by atoms with Crippen molar-refractivity contribution in [2.75, 3.05) is 25.0 Å². The first kappa shape index (κ1) is 35.8. The first-order chi connectivity index (χ1) is 23.0. The molecule has 3 amide bonds. The number of Topliss-reactive ketones (excluding diaryl/α,β-unsaturated/α-hetero) is 1. The minimum Gasteiger partial charge on any atom is -0.460 e. The van der Waals surface area contributed by atoms with E-state index in [1.807, 2.05) is 6.07 Å². The van der Waals surface area contributed by atoms with E-state index in [4.69, 9.17) is 13.9 Å². The van der Waals surface area contributed by atoms with Crippen LogP contribution >= 0.6 is 0 Å². The van der Waals surface area contributed by atoms with E-state index in [1.165, 1.54) is 17.1 Å². The Balaban J connectivity index is 1.54. The van der Waals surface area contributed by atoms with Crippen molar-refractivity contribution in [3.8, 4) is 0 Å². The Morgan fingerprint density at radius 3 is 2.73 bits per heavy atom. The van der Waals surface area contributed by atoms with Crippen LogP contribution in [-0.4, -0.2) is 82.6 Å². The third-order valence-electron chi connectivity index (χ3n) is 7.95. The van der Waals surface area contributed by atoms with Gasteiger partial charge in [0, 0.05) is 37.0 Å². The maximum atomic E-state index is 13.6. The van der Waals surface area contributed by atoms with Gasteiger partial charge in [-0.25, -0.2) is 14.6 Å². The SMILES string of the molecule is CC1=C\[C@@H](O)CC(=O)Cc2nc(co2)C(=O)N2CCC[C@@H]2C(=O)O[C@H]([C@@H](C)COC(=O)Nc2ccccc2)[C@H](C)/C=C/C(=O)NC\C=C\1. The molecule has 3 heterocycles. The quantitative estimate of drug-likeness (QED) is 0.409. The number of anilines is 1. The summed E-state index contributed by atoms with van der Waals surface area (Å²) in [6.45, 7) is 5.68. The number of aliphatic hydroxyl groups is 1. The molecule has 1 aromatic heterocycles. The number of esters is 1. The lowest BCUT2D eigenvalue weighted by Crippen LogP contribution is -2.44. The lowest BCUT2D eigenvalue weighted by molar-refractivity contribution is -0.159. The number of carbonyl (C=O) groups is 5. The van der Waals surface area contributed by atoms with Crippen molar-refractivity contribution in [3.05, 3.63) is 84.1 Å². The molecule has 13 heteroatoms. The molecule has 48 heavy (non-hydrogen) atoms. The number of aliphatic hydroxyl groups excluding tert-OH is 1. The fraction of sp³-hybridized carbons (Fsp3) is 0.429. The summed E-state index contributed by atoms with van der Waals surface area (Å²) in [6, 6.07) is 7.89. The number of ether oxygens (including phenoxy) is 2. The maximum Gasteiger partial charge on any atom is 0.411 e. The zero-order valence-corrected chi connectivity index (χ0v) is 27.3. The molecule has 0 saturated carbocycles. The molecule has 2 aromatic rings. The van der Waals surface area contributed by atoms with Crippen molar-refractivity contribution >= 4 is 35.3 Å². The van der Waals surface area contributed by atoms with Gasteiger partial charge in [0.05, 0.1) is 19.1 Å². The first-order valence-electron chi connectivity index (χ1n) is 16.0. The number of nitrogens with one attached hydrogen (secondary N) is 2. The van der Waals surface area contributed by atoms with Gasteiger partial charge in [0.2, 0.25) is 11.8 Å². The molecule has 4 rings (SSSR count). The van der Waals surface area contributed by atoms with E-state index < -0.39 is 48.1 Å². The predicted molar refractivity (Wildman–Crippen MR) is 175 cm³/mol. The van der Waals surface area contributed by atoms with Crippen LogP contribution in [0.2, 0.25) is 0 Å². The summed E-state index contributed by atoms with van der Waals surface area (Å²) < 4.78 is 16.8. The fourth-order valence-corrected chi connectivity index (χ4v) is 5.53. The molecule has 13 nitrogen and oxygen atoms in total. The van der Waals surface area contributed by atoms with Crippen LogP contribution in [0.4, 0.5) is 10.5 Å². The molecule has 3 N–H and O–H groups in total. The van der Waals surface area contributed by atoms with Crippen LogP contribution in [0.25, 0.3) is 0 Å². The lowest BCUT2D eigenvalue weighted by Gasteiger charge is -2.30. The van der Waals surface area contributed by atoms with Gasteiger partial charge in [0.15, 0.2) is 5.69 Å². The van der Waals surface area contributed by atoms with Gasteiger partial charge in [0.1, 0.15) is 24.2 Å². The molecule has 1 fully saturated rings. The molecule has 2 bridgehead atoms. The molecule has 0 spiro atoms. The van der Waals surface area contributed by atoms with E-state index >= 15 is 0 Å². The molecule has 0 aliphatic carbocycles. The van der Waals surface area contributed by atoms with Gasteiger partial charge in [-0.15, -0.1) is 0 Å². The highest BCUT2D eigenvalue weighted by atomic mass is 16.6. The van der Waals surface area contributed by atoms with Crippen LogP contribution in [0.5, 0.6) is 0 Å². The number of allylic oxidation sites excluding steroid dienone is 2. The second-order valence-electron chi connectivity index (χ2n) is 12.0.